The number of aromatic amines is 1. The number of fused-ring (bicyclic) bond motifs is 1. The lowest BCUT2D eigenvalue weighted by atomic mass is 10.2. The molecule has 0 atom stereocenters. The van der Waals surface area contributed by atoms with E-state index in [0.29, 0.717) is 21.4 Å². The van der Waals surface area contributed by atoms with Crippen LogP contribution in [0, 0.1) is 17.5 Å². The van der Waals surface area contributed by atoms with E-state index in [1.807, 2.05) is 0 Å². The largest absolute Gasteiger partial charge is 0.468 e. The summed E-state index contributed by atoms with van der Waals surface area (Å²) in [5, 5.41) is 0. The summed E-state index contributed by atoms with van der Waals surface area (Å²) in [6, 6.07) is 3.02. The van der Waals surface area contributed by atoms with Crippen LogP contribution in [0.4, 0.5) is 4.39 Å². The van der Waals surface area contributed by atoms with Gasteiger partial charge in [-0.05, 0) is 36.8 Å². The maximum atomic E-state index is 13.4. The highest BCUT2D eigenvalue weighted by molar-refractivity contribution is 7.71. The molecule has 0 saturated heterocycles. The topological polar surface area (TPSA) is 47.0 Å². The molecule has 0 radical (unpaired) electrons. The highest BCUT2D eigenvalue weighted by atomic mass is 32.1. The van der Waals surface area contributed by atoms with Gasteiger partial charge in [-0.15, -0.1) is 0 Å². The van der Waals surface area contributed by atoms with Crippen LogP contribution < -0.4 is 0 Å². The number of imidazole rings is 1. The fraction of sp³-hybridized carbons (Fsp3) is 0.273. The van der Waals surface area contributed by atoms with Crippen molar-refractivity contribution < 1.29 is 13.9 Å². The van der Waals surface area contributed by atoms with Crippen molar-refractivity contribution in [2.45, 2.75) is 13.5 Å². The first-order chi connectivity index (χ1) is 8.02. The number of hydrogen-bond acceptors (Lipinski definition) is 3. The summed E-state index contributed by atoms with van der Waals surface area (Å²) in [6.07, 6.45) is 0. The number of nitrogens with one attached hydrogen (secondary N) is 1. The highest BCUT2D eigenvalue weighted by Crippen LogP contribution is 2.18. The second kappa shape index (κ2) is 4.29. The molecule has 1 heterocycles. The van der Waals surface area contributed by atoms with Crippen molar-refractivity contribution in [2.75, 3.05) is 7.11 Å². The van der Waals surface area contributed by atoms with Crippen molar-refractivity contribution in [3.63, 3.8) is 0 Å². The van der Waals surface area contributed by atoms with Crippen molar-refractivity contribution >= 4 is 29.2 Å². The molecule has 0 saturated carbocycles. The zero-order valence-electron chi connectivity index (χ0n) is 9.41. The molecule has 6 heteroatoms. The van der Waals surface area contributed by atoms with Gasteiger partial charge in [0.05, 0.1) is 18.1 Å². The van der Waals surface area contributed by atoms with E-state index in [-0.39, 0.29) is 12.4 Å². The second-order valence-corrected chi connectivity index (χ2v) is 4.10. The monoisotopic (exact) mass is 254 g/mol. The van der Waals surface area contributed by atoms with Crippen LogP contribution in [0.2, 0.25) is 0 Å². The van der Waals surface area contributed by atoms with Gasteiger partial charge in [0.25, 0.3) is 0 Å². The van der Waals surface area contributed by atoms with Crippen molar-refractivity contribution in [1.82, 2.24) is 9.55 Å². The Morgan fingerprint density at radius 2 is 2.29 bits per heavy atom. The Hall–Kier alpha value is -1.69. The molecule has 2 aromatic rings. The summed E-state index contributed by atoms with van der Waals surface area (Å²) in [7, 11) is 1.31. The predicted molar refractivity (Wildman–Crippen MR) is 63.8 cm³/mol. The van der Waals surface area contributed by atoms with Gasteiger partial charge in [-0.1, -0.05) is 0 Å². The third kappa shape index (κ3) is 2.08. The third-order valence-corrected chi connectivity index (χ3v) is 2.89. The van der Waals surface area contributed by atoms with Crippen LogP contribution in [0.5, 0.6) is 0 Å². The molecule has 90 valence electrons. The van der Waals surface area contributed by atoms with Gasteiger partial charge in [0.2, 0.25) is 0 Å². The number of aryl methyl sites for hydroxylation is 1. The number of halogens is 1. The number of carbonyl (C=O) groups is 1. The summed E-state index contributed by atoms with van der Waals surface area (Å²) in [5.41, 5.74) is 1.77. The number of carbonyl (C=O) groups excluding carboxylic acids is 1. The van der Waals surface area contributed by atoms with Crippen LogP contribution in [0.3, 0.4) is 0 Å². The second-order valence-electron chi connectivity index (χ2n) is 3.71. The number of nitrogens with zero attached hydrogens (tertiary/aromatic N) is 1. The maximum absolute atomic E-state index is 13.4. The van der Waals surface area contributed by atoms with Crippen LogP contribution in [0.15, 0.2) is 12.1 Å². The van der Waals surface area contributed by atoms with Gasteiger partial charge in [0.15, 0.2) is 4.77 Å². The molecular weight excluding hydrogens is 243 g/mol. The molecule has 1 aromatic heterocycles. The molecule has 17 heavy (non-hydrogen) atoms. The average Bonchev–Trinajstić information content (AvgIpc) is 2.56. The fourth-order valence-electron chi connectivity index (χ4n) is 1.63. The predicted octanol–water partition coefficient (Wildman–Crippen LogP) is 2.32. The van der Waals surface area contributed by atoms with E-state index < -0.39 is 5.97 Å². The molecule has 2 rings (SSSR count). The Labute approximate surface area is 102 Å². The number of esters is 1. The lowest BCUT2D eigenvalue weighted by Gasteiger charge is -2.03. The summed E-state index contributed by atoms with van der Waals surface area (Å²) in [5.74, 6) is -0.706. The van der Waals surface area contributed by atoms with Crippen molar-refractivity contribution in [3.8, 4) is 0 Å². The maximum Gasteiger partial charge on any atom is 0.325 e. The molecule has 0 unspecified atom stereocenters. The van der Waals surface area contributed by atoms with Gasteiger partial charge in [-0.3, -0.25) is 4.79 Å². The molecule has 0 spiro atoms. The smallest absolute Gasteiger partial charge is 0.325 e. The van der Waals surface area contributed by atoms with E-state index in [9.17, 15) is 9.18 Å². The molecule has 1 N–H and O–H groups in total. The minimum Gasteiger partial charge on any atom is -0.468 e. The van der Waals surface area contributed by atoms with Crippen LogP contribution in [-0.4, -0.2) is 22.6 Å². The molecule has 0 aliphatic carbocycles. The van der Waals surface area contributed by atoms with E-state index in [1.165, 1.54) is 13.2 Å². The Morgan fingerprint density at radius 3 is 2.94 bits per heavy atom. The number of rotatable bonds is 2. The minimum atomic E-state index is -0.399. The zero-order valence-corrected chi connectivity index (χ0v) is 10.2. The Bertz CT molecular complexity index is 645. The van der Waals surface area contributed by atoms with Gasteiger partial charge in [-0.2, -0.15) is 0 Å². The SMILES string of the molecule is COC(=O)Cn1c(=S)[nH]c2cc(F)c(C)cc21. The lowest BCUT2D eigenvalue weighted by molar-refractivity contribution is -0.141. The number of ether oxygens (including phenoxy) is 1. The fourth-order valence-corrected chi connectivity index (χ4v) is 1.91. The standard InChI is InChI=1S/C11H11FN2O2S/c1-6-3-9-8(4-7(6)12)13-11(17)14(9)5-10(15)16-2/h3-4H,5H2,1-2H3,(H,13,17). The van der Waals surface area contributed by atoms with Crippen LogP contribution in [0.25, 0.3) is 11.0 Å². The van der Waals surface area contributed by atoms with E-state index in [1.54, 1.807) is 17.6 Å². The summed E-state index contributed by atoms with van der Waals surface area (Å²) in [4.78, 5) is 14.1. The van der Waals surface area contributed by atoms with Gasteiger partial charge in [0, 0.05) is 0 Å². The number of methoxy groups -OCH3 is 1. The van der Waals surface area contributed by atoms with Crippen molar-refractivity contribution in [1.29, 1.82) is 0 Å². The normalized spacial score (nSPS) is 10.8. The lowest BCUT2D eigenvalue weighted by Crippen LogP contribution is -2.11. The summed E-state index contributed by atoms with van der Waals surface area (Å²) >= 11 is 5.08. The van der Waals surface area contributed by atoms with Crippen molar-refractivity contribution in [3.05, 3.63) is 28.3 Å². The zero-order chi connectivity index (χ0) is 12.6. The molecule has 1 aromatic carbocycles. The molecule has 4 nitrogen and oxygen atoms in total. The number of aromatic nitrogens is 2. The van der Waals surface area contributed by atoms with Gasteiger partial charge < -0.3 is 14.3 Å². The van der Waals surface area contributed by atoms with Gasteiger partial charge >= 0.3 is 5.97 Å². The molecule has 0 aliphatic rings. The third-order valence-electron chi connectivity index (χ3n) is 2.57. The number of hydrogen-bond donors (Lipinski definition) is 1. The van der Waals surface area contributed by atoms with E-state index in [2.05, 4.69) is 9.72 Å². The Morgan fingerprint density at radius 1 is 1.59 bits per heavy atom. The highest BCUT2D eigenvalue weighted by Gasteiger charge is 2.10. The first-order valence-electron chi connectivity index (χ1n) is 4.98. The first-order valence-corrected chi connectivity index (χ1v) is 5.39. The quantitative estimate of drug-likeness (QED) is 0.661. The minimum absolute atomic E-state index is 0.0143. The first kappa shape index (κ1) is 11.8. The number of benzene rings is 1. The van der Waals surface area contributed by atoms with Gasteiger partial charge in [0.1, 0.15) is 12.4 Å². The Balaban J connectivity index is 2.62. The van der Waals surface area contributed by atoms with E-state index >= 15 is 0 Å². The molecular formula is C11H11FN2O2S. The molecule has 0 fully saturated rings. The average molecular weight is 254 g/mol. The molecule has 0 aliphatic heterocycles. The van der Waals surface area contributed by atoms with E-state index in [4.69, 9.17) is 12.2 Å². The van der Waals surface area contributed by atoms with Crippen LogP contribution in [0.1, 0.15) is 5.56 Å². The Kier molecular flexibility index (Phi) is 2.97. The summed E-state index contributed by atoms with van der Waals surface area (Å²) < 4.78 is 19.9. The van der Waals surface area contributed by atoms with Crippen LogP contribution >= 0.6 is 12.2 Å². The molecule has 0 amide bonds. The summed E-state index contributed by atoms with van der Waals surface area (Å²) in [6.45, 7) is 1.67. The van der Waals surface area contributed by atoms with E-state index in [0.717, 1.165) is 0 Å². The van der Waals surface area contributed by atoms with Crippen LogP contribution in [-0.2, 0) is 16.1 Å². The van der Waals surface area contributed by atoms with Crippen molar-refractivity contribution in [2.24, 2.45) is 0 Å². The van der Waals surface area contributed by atoms with Gasteiger partial charge in [-0.25, -0.2) is 4.39 Å². The molecule has 0 bridgehead atoms. The number of H-pyrrole nitrogens is 1.